The highest BCUT2D eigenvalue weighted by Gasteiger charge is 2.34. The van der Waals surface area contributed by atoms with Crippen molar-refractivity contribution in [2.45, 2.75) is 64.8 Å². The summed E-state index contributed by atoms with van der Waals surface area (Å²) >= 11 is 0. The molecule has 2 atom stereocenters. The average molecular weight is 199 g/mol. The van der Waals surface area contributed by atoms with E-state index in [0.29, 0.717) is 0 Å². The van der Waals surface area contributed by atoms with Crippen LogP contribution in [0.1, 0.15) is 52.9 Å². The quantitative estimate of drug-likeness (QED) is 0.611. The van der Waals surface area contributed by atoms with Crippen molar-refractivity contribution in [3.63, 3.8) is 0 Å². The van der Waals surface area contributed by atoms with Gasteiger partial charge in [0.25, 0.3) is 0 Å². The minimum absolute atomic E-state index is 0.219. The third-order valence-corrected chi connectivity index (χ3v) is 2.83. The number of hydrogen-bond donors (Lipinski definition) is 0. The molecule has 83 valence electrons. The smallest absolute Gasteiger partial charge is 0.165 e. The number of rotatable bonds is 6. The first-order valence-corrected chi connectivity index (χ1v) is 5.85. The van der Waals surface area contributed by atoms with Crippen molar-refractivity contribution in [1.29, 1.82) is 0 Å². The lowest BCUT2D eigenvalue weighted by atomic mass is 10.1. The van der Waals surface area contributed by atoms with E-state index < -0.39 is 0 Å². The molecule has 0 aliphatic carbocycles. The van der Waals surface area contributed by atoms with Gasteiger partial charge in [-0.15, -0.1) is 0 Å². The molecule has 0 saturated carbocycles. The van der Waals surface area contributed by atoms with Crippen LogP contribution in [0.15, 0.2) is 0 Å². The highest BCUT2D eigenvalue weighted by Crippen LogP contribution is 2.28. The van der Waals surface area contributed by atoms with Crippen LogP contribution in [-0.4, -0.2) is 18.5 Å². The summed E-state index contributed by atoms with van der Waals surface area (Å²) in [6, 6.07) is 0. The van der Waals surface area contributed by atoms with Gasteiger partial charge < -0.3 is 9.47 Å². The van der Waals surface area contributed by atoms with E-state index in [0.717, 1.165) is 19.4 Å². The van der Waals surface area contributed by atoms with Crippen LogP contribution in [0.4, 0.5) is 0 Å². The zero-order valence-electron chi connectivity index (χ0n) is 9.71. The SMILES string of the molecule is CCCCC[CH]C1COC(C)(CC)O1. The van der Waals surface area contributed by atoms with Gasteiger partial charge >= 0.3 is 0 Å². The van der Waals surface area contributed by atoms with E-state index in [1.165, 1.54) is 19.3 Å². The molecule has 1 fully saturated rings. The van der Waals surface area contributed by atoms with Gasteiger partial charge in [0.15, 0.2) is 5.79 Å². The van der Waals surface area contributed by atoms with Crippen molar-refractivity contribution < 1.29 is 9.47 Å². The van der Waals surface area contributed by atoms with E-state index in [1.807, 2.05) is 6.92 Å². The lowest BCUT2D eigenvalue weighted by Crippen LogP contribution is -2.25. The lowest BCUT2D eigenvalue weighted by Gasteiger charge is -2.20. The summed E-state index contributed by atoms with van der Waals surface area (Å²) in [5, 5.41) is 0. The molecule has 1 aliphatic heterocycles. The fraction of sp³-hybridized carbons (Fsp3) is 0.917. The minimum atomic E-state index is -0.327. The van der Waals surface area contributed by atoms with Crippen molar-refractivity contribution in [1.82, 2.24) is 0 Å². The maximum atomic E-state index is 5.80. The molecule has 2 unspecified atom stereocenters. The van der Waals surface area contributed by atoms with Gasteiger partial charge in [-0.2, -0.15) is 0 Å². The number of unbranched alkanes of at least 4 members (excludes halogenated alkanes) is 3. The zero-order valence-corrected chi connectivity index (χ0v) is 9.71. The predicted molar refractivity (Wildman–Crippen MR) is 58.0 cm³/mol. The zero-order chi connectivity index (χ0) is 10.4. The molecule has 1 saturated heterocycles. The Morgan fingerprint density at radius 3 is 2.71 bits per heavy atom. The lowest BCUT2D eigenvalue weighted by molar-refractivity contribution is -0.152. The molecule has 1 aliphatic rings. The maximum absolute atomic E-state index is 5.80. The molecule has 2 nitrogen and oxygen atoms in total. The van der Waals surface area contributed by atoms with E-state index in [-0.39, 0.29) is 11.9 Å². The van der Waals surface area contributed by atoms with E-state index in [9.17, 15) is 0 Å². The van der Waals surface area contributed by atoms with Crippen LogP contribution in [0.5, 0.6) is 0 Å². The van der Waals surface area contributed by atoms with Crippen LogP contribution in [0.2, 0.25) is 0 Å². The average Bonchev–Trinajstić information content (AvgIpc) is 2.56. The summed E-state index contributed by atoms with van der Waals surface area (Å²) in [5.41, 5.74) is 0. The van der Waals surface area contributed by atoms with Crippen molar-refractivity contribution in [2.24, 2.45) is 0 Å². The molecule has 0 bridgehead atoms. The summed E-state index contributed by atoms with van der Waals surface area (Å²) < 4.78 is 11.4. The summed E-state index contributed by atoms with van der Waals surface area (Å²) in [6.07, 6.45) is 8.43. The van der Waals surface area contributed by atoms with Gasteiger partial charge in [0.2, 0.25) is 0 Å². The van der Waals surface area contributed by atoms with Crippen molar-refractivity contribution in [3.05, 3.63) is 6.42 Å². The number of hydrogen-bond acceptors (Lipinski definition) is 2. The Morgan fingerprint density at radius 1 is 1.36 bits per heavy atom. The van der Waals surface area contributed by atoms with Crippen molar-refractivity contribution in [2.75, 3.05) is 6.61 Å². The maximum Gasteiger partial charge on any atom is 0.165 e. The first-order valence-electron chi connectivity index (χ1n) is 5.85. The Labute approximate surface area is 88.0 Å². The van der Waals surface area contributed by atoms with Gasteiger partial charge in [0.05, 0.1) is 12.7 Å². The minimum Gasteiger partial charge on any atom is -0.348 e. The normalized spacial score (nSPS) is 32.4. The Balaban J connectivity index is 2.10. The molecule has 0 aromatic carbocycles. The molecule has 1 radical (unpaired) electrons. The molecular formula is C12H23O2. The second kappa shape index (κ2) is 5.72. The fourth-order valence-electron chi connectivity index (χ4n) is 1.65. The highest BCUT2D eigenvalue weighted by molar-refractivity contribution is 4.84. The molecule has 0 aromatic heterocycles. The molecule has 0 amide bonds. The van der Waals surface area contributed by atoms with Crippen LogP contribution in [0.3, 0.4) is 0 Å². The molecule has 1 heterocycles. The topological polar surface area (TPSA) is 18.5 Å². The monoisotopic (exact) mass is 199 g/mol. The van der Waals surface area contributed by atoms with E-state index in [1.54, 1.807) is 0 Å². The third kappa shape index (κ3) is 3.58. The van der Waals surface area contributed by atoms with E-state index in [4.69, 9.17) is 9.47 Å². The van der Waals surface area contributed by atoms with Crippen LogP contribution >= 0.6 is 0 Å². The van der Waals surface area contributed by atoms with Crippen LogP contribution in [-0.2, 0) is 9.47 Å². The fourth-order valence-corrected chi connectivity index (χ4v) is 1.65. The molecule has 0 spiro atoms. The highest BCUT2D eigenvalue weighted by atomic mass is 16.7. The van der Waals surface area contributed by atoms with E-state index in [2.05, 4.69) is 20.3 Å². The Kier molecular flexibility index (Phi) is 4.90. The van der Waals surface area contributed by atoms with Crippen molar-refractivity contribution >= 4 is 0 Å². The first-order chi connectivity index (χ1) is 6.70. The molecule has 0 aromatic rings. The summed E-state index contributed by atoms with van der Waals surface area (Å²) in [7, 11) is 0. The van der Waals surface area contributed by atoms with E-state index >= 15 is 0 Å². The number of ether oxygens (including phenoxy) is 2. The first kappa shape index (κ1) is 12.0. The molecule has 14 heavy (non-hydrogen) atoms. The second-order valence-electron chi connectivity index (χ2n) is 4.19. The Bertz CT molecular complexity index is 158. The third-order valence-electron chi connectivity index (χ3n) is 2.83. The summed E-state index contributed by atoms with van der Waals surface area (Å²) in [5.74, 6) is -0.327. The summed E-state index contributed by atoms with van der Waals surface area (Å²) in [6.45, 7) is 7.08. The second-order valence-corrected chi connectivity index (χ2v) is 4.19. The van der Waals surface area contributed by atoms with Gasteiger partial charge in [-0.05, 0) is 26.2 Å². The summed E-state index contributed by atoms with van der Waals surface area (Å²) in [4.78, 5) is 0. The van der Waals surface area contributed by atoms with Gasteiger partial charge in [0.1, 0.15) is 0 Å². The van der Waals surface area contributed by atoms with Crippen LogP contribution < -0.4 is 0 Å². The van der Waals surface area contributed by atoms with Gasteiger partial charge in [0, 0.05) is 0 Å². The Morgan fingerprint density at radius 2 is 2.14 bits per heavy atom. The van der Waals surface area contributed by atoms with Gasteiger partial charge in [-0.25, -0.2) is 0 Å². The molecule has 1 rings (SSSR count). The standard InChI is InChI=1S/C12H23O2/c1-4-6-7-8-9-11-10-13-12(3,5-2)14-11/h9,11H,4-8,10H2,1-3H3. The molecule has 0 N–H and O–H groups in total. The van der Waals surface area contributed by atoms with Gasteiger partial charge in [-0.1, -0.05) is 33.1 Å². The van der Waals surface area contributed by atoms with Crippen molar-refractivity contribution in [3.8, 4) is 0 Å². The van der Waals surface area contributed by atoms with Crippen LogP contribution in [0.25, 0.3) is 0 Å². The largest absolute Gasteiger partial charge is 0.348 e. The van der Waals surface area contributed by atoms with Crippen LogP contribution in [0, 0.1) is 6.42 Å². The molecule has 2 heteroatoms. The molecular weight excluding hydrogens is 176 g/mol. The predicted octanol–water partition coefficient (Wildman–Crippen LogP) is 3.31. The van der Waals surface area contributed by atoms with Gasteiger partial charge in [-0.3, -0.25) is 0 Å². The Hall–Kier alpha value is -0.0800.